The van der Waals surface area contributed by atoms with Crippen LogP contribution in [0.4, 0.5) is 0 Å². The van der Waals surface area contributed by atoms with Crippen molar-refractivity contribution in [2.75, 3.05) is 19.7 Å². The molecule has 6 rings (SSSR count). The Bertz CT molecular complexity index is 1550. The lowest BCUT2D eigenvalue weighted by Gasteiger charge is -2.20. The molecule has 3 aromatic carbocycles. The first-order chi connectivity index (χ1) is 18.9. The van der Waals surface area contributed by atoms with Gasteiger partial charge in [0.05, 0.1) is 17.1 Å². The fraction of sp³-hybridized carbons (Fsp3) is 0.300. The number of phenolic OH excluding ortho intramolecular Hbond substituents is 1. The zero-order valence-corrected chi connectivity index (χ0v) is 21.6. The van der Waals surface area contributed by atoms with Gasteiger partial charge in [0.2, 0.25) is 11.8 Å². The molecule has 2 aliphatic rings. The molecule has 1 saturated heterocycles. The van der Waals surface area contributed by atoms with Gasteiger partial charge in [-0.05, 0) is 60.4 Å². The van der Waals surface area contributed by atoms with Gasteiger partial charge in [0, 0.05) is 25.4 Å². The average Bonchev–Trinajstić information content (AvgIpc) is 3.54. The minimum atomic E-state index is -0.243. The van der Waals surface area contributed by atoms with Crippen molar-refractivity contribution in [2.45, 2.75) is 38.3 Å². The van der Waals surface area contributed by atoms with Crippen molar-refractivity contribution in [1.29, 1.82) is 0 Å². The van der Waals surface area contributed by atoms with E-state index >= 15 is 0 Å². The normalized spacial score (nSPS) is 18.9. The highest BCUT2D eigenvalue weighted by atomic mass is 16.5. The van der Waals surface area contributed by atoms with Gasteiger partial charge in [0.15, 0.2) is 11.5 Å². The third kappa shape index (κ3) is 5.31. The van der Waals surface area contributed by atoms with E-state index in [-0.39, 0.29) is 42.7 Å². The Kier molecular flexibility index (Phi) is 6.66. The average molecular weight is 527 g/mol. The second-order valence-corrected chi connectivity index (χ2v) is 10.2. The number of ether oxygens (including phenoxy) is 2. The molecule has 4 bridgehead atoms. The highest BCUT2D eigenvalue weighted by Gasteiger charge is 2.37. The molecule has 9 heteroatoms. The molecule has 2 amide bonds. The molecule has 4 aromatic rings. The predicted octanol–water partition coefficient (Wildman–Crippen LogP) is 3.94. The number of aromatic amines is 1. The molecule has 0 unspecified atom stereocenters. The van der Waals surface area contributed by atoms with Crippen LogP contribution < -0.4 is 10.1 Å². The second kappa shape index (κ2) is 10.4. The number of nitrogens with zero attached hydrogens (tertiary/aromatic N) is 2. The van der Waals surface area contributed by atoms with Gasteiger partial charge in [-0.15, -0.1) is 0 Å². The van der Waals surface area contributed by atoms with Gasteiger partial charge < -0.3 is 29.8 Å². The van der Waals surface area contributed by atoms with E-state index in [0.29, 0.717) is 43.3 Å². The summed E-state index contributed by atoms with van der Waals surface area (Å²) in [7, 11) is 0. The summed E-state index contributed by atoms with van der Waals surface area (Å²) in [4.78, 5) is 35.6. The van der Waals surface area contributed by atoms with Gasteiger partial charge in [0.1, 0.15) is 24.8 Å². The van der Waals surface area contributed by atoms with Crippen LogP contribution in [0.15, 0.2) is 60.7 Å². The van der Waals surface area contributed by atoms with Crippen LogP contribution in [0.25, 0.3) is 11.0 Å². The van der Waals surface area contributed by atoms with E-state index in [4.69, 9.17) is 9.47 Å². The number of likely N-dealkylation sites (tertiary alicyclic amines) is 1. The minimum absolute atomic E-state index is 0.0387. The number of imidazole rings is 1. The number of aromatic hydroxyl groups is 1. The molecule has 0 saturated carbocycles. The number of hydrogen-bond acceptors (Lipinski definition) is 6. The number of benzene rings is 3. The van der Waals surface area contributed by atoms with Gasteiger partial charge in [-0.2, -0.15) is 0 Å². The Balaban J connectivity index is 1.16. The summed E-state index contributed by atoms with van der Waals surface area (Å²) in [6.07, 6.45) is 0.800. The number of para-hydroxylation sites is 1. The zero-order valence-electron chi connectivity index (χ0n) is 21.6. The summed E-state index contributed by atoms with van der Waals surface area (Å²) in [6.45, 7) is 2.96. The predicted molar refractivity (Wildman–Crippen MR) is 145 cm³/mol. The molecule has 1 fully saturated rings. The highest BCUT2D eigenvalue weighted by Crippen LogP contribution is 2.35. The largest absolute Gasteiger partial charge is 0.504 e. The Labute approximate surface area is 225 Å². The fourth-order valence-electron chi connectivity index (χ4n) is 5.38. The van der Waals surface area contributed by atoms with Crippen LogP contribution in [0.3, 0.4) is 0 Å². The van der Waals surface area contributed by atoms with Crippen LogP contribution in [0, 0.1) is 6.92 Å². The lowest BCUT2D eigenvalue weighted by atomic mass is 9.94. The standard InChI is InChI=1S/C30H30N4O5/c1-18-4-2-7-23-30(18)33-27(31-23)16-38-17-29(37)34-14-22-20-5-3-6-21(13-20)39-26-12-19(8-10-25(26)35)9-11-28(36)32-24(22)15-34/h2-8,10,12-13,22,24,35H,9,11,14-17H2,1H3,(H,31,33)(H,32,36)/t22-,24+/m0/s1. The van der Waals surface area contributed by atoms with Gasteiger partial charge in [0.25, 0.3) is 0 Å². The van der Waals surface area contributed by atoms with Crippen LogP contribution in [0.2, 0.25) is 0 Å². The number of carbonyl (C=O) groups is 2. The Morgan fingerprint density at radius 2 is 2.00 bits per heavy atom. The molecule has 3 heterocycles. The summed E-state index contributed by atoms with van der Waals surface area (Å²) >= 11 is 0. The topological polar surface area (TPSA) is 117 Å². The van der Waals surface area contributed by atoms with Crippen LogP contribution in [-0.4, -0.2) is 57.5 Å². The number of carbonyl (C=O) groups excluding carboxylic acids is 2. The molecule has 2 aliphatic heterocycles. The maximum Gasteiger partial charge on any atom is 0.248 e. The maximum atomic E-state index is 13.1. The lowest BCUT2D eigenvalue weighted by molar-refractivity contribution is -0.135. The van der Waals surface area contributed by atoms with Crippen LogP contribution in [-0.2, 0) is 27.4 Å². The Hall–Kier alpha value is -4.37. The zero-order chi connectivity index (χ0) is 26.9. The van der Waals surface area contributed by atoms with E-state index in [0.717, 1.165) is 27.7 Å². The molecule has 39 heavy (non-hydrogen) atoms. The van der Waals surface area contributed by atoms with Crippen molar-refractivity contribution < 1.29 is 24.2 Å². The molecule has 1 aromatic heterocycles. The third-order valence-corrected chi connectivity index (χ3v) is 7.43. The van der Waals surface area contributed by atoms with Crippen molar-refractivity contribution in [2.24, 2.45) is 0 Å². The maximum absolute atomic E-state index is 13.1. The van der Waals surface area contributed by atoms with Gasteiger partial charge in [-0.3, -0.25) is 9.59 Å². The number of nitrogens with one attached hydrogen (secondary N) is 2. The lowest BCUT2D eigenvalue weighted by Crippen LogP contribution is -2.41. The summed E-state index contributed by atoms with van der Waals surface area (Å²) in [5, 5.41) is 13.4. The molecule has 0 spiro atoms. The van der Waals surface area contributed by atoms with Crippen LogP contribution >= 0.6 is 0 Å². The Morgan fingerprint density at radius 3 is 2.87 bits per heavy atom. The summed E-state index contributed by atoms with van der Waals surface area (Å²) in [5.74, 6) is 1.30. The number of aromatic nitrogens is 2. The highest BCUT2D eigenvalue weighted by molar-refractivity contribution is 5.80. The van der Waals surface area contributed by atoms with Crippen molar-refractivity contribution in [1.82, 2.24) is 20.2 Å². The molecule has 3 N–H and O–H groups in total. The first kappa shape index (κ1) is 24.9. The van der Waals surface area contributed by atoms with Gasteiger partial charge in [-0.1, -0.05) is 30.3 Å². The molecule has 2 atom stereocenters. The molecule has 0 radical (unpaired) electrons. The van der Waals surface area contributed by atoms with Crippen LogP contribution in [0.5, 0.6) is 17.2 Å². The molecular formula is C30H30N4O5. The van der Waals surface area contributed by atoms with E-state index in [9.17, 15) is 14.7 Å². The summed E-state index contributed by atoms with van der Waals surface area (Å²) in [5.41, 5.74) is 4.75. The minimum Gasteiger partial charge on any atom is -0.504 e. The van der Waals surface area contributed by atoms with E-state index in [1.54, 1.807) is 23.1 Å². The molecule has 9 nitrogen and oxygen atoms in total. The van der Waals surface area contributed by atoms with Crippen LogP contribution in [0.1, 0.15) is 34.9 Å². The molecular weight excluding hydrogens is 496 g/mol. The van der Waals surface area contributed by atoms with E-state index in [2.05, 4.69) is 15.3 Å². The fourth-order valence-corrected chi connectivity index (χ4v) is 5.38. The second-order valence-electron chi connectivity index (χ2n) is 10.2. The number of amides is 2. The first-order valence-electron chi connectivity index (χ1n) is 13.1. The number of fused-ring (bicyclic) bond motifs is 7. The smallest absolute Gasteiger partial charge is 0.248 e. The number of phenols is 1. The van der Waals surface area contributed by atoms with Crippen molar-refractivity contribution in [3.05, 3.63) is 83.2 Å². The number of aryl methyl sites for hydroxylation is 2. The quantitative estimate of drug-likeness (QED) is 0.371. The monoisotopic (exact) mass is 526 g/mol. The summed E-state index contributed by atoms with van der Waals surface area (Å²) < 4.78 is 11.7. The molecule has 200 valence electrons. The van der Waals surface area contributed by atoms with E-state index < -0.39 is 0 Å². The van der Waals surface area contributed by atoms with Gasteiger partial charge in [-0.25, -0.2) is 4.98 Å². The third-order valence-electron chi connectivity index (χ3n) is 7.43. The number of hydrogen-bond donors (Lipinski definition) is 3. The Morgan fingerprint density at radius 1 is 1.13 bits per heavy atom. The van der Waals surface area contributed by atoms with Crippen molar-refractivity contribution in [3.8, 4) is 17.2 Å². The first-order valence-corrected chi connectivity index (χ1v) is 13.1. The summed E-state index contributed by atoms with van der Waals surface area (Å²) in [6, 6.07) is 18.4. The van der Waals surface area contributed by atoms with Crippen molar-refractivity contribution in [3.63, 3.8) is 0 Å². The van der Waals surface area contributed by atoms with E-state index in [1.165, 1.54) is 0 Å². The van der Waals surface area contributed by atoms with E-state index in [1.807, 2.05) is 49.4 Å². The number of H-pyrrole nitrogens is 1. The molecule has 0 aliphatic carbocycles. The van der Waals surface area contributed by atoms with Gasteiger partial charge >= 0.3 is 0 Å². The number of rotatable bonds is 4. The van der Waals surface area contributed by atoms with Crippen molar-refractivity contribution >= 4 is 22.8 Å². The SMILES string of the molecule is Cc1cccc2[nH]c(COCC(=O)N3C[C@H]4NC(=O)CCc5ccc(O)c(c5)Oc5cccc(c5)[C@@H]4C3)nc12.